The molecule has 1 aromatic heterocycles. The number of thioether (sulfide) groups is 1. The summed E-state index contributed by atoms with van der Waals surface area (Å²) in [6.45, 7) is 3.96. The Morgan fingerprint density at radius 2 is 1.96 bits per heavy atom. The largest absolute Gasteiger partial charge is 0.342 e. The van der Waals surface area contributed by atoms with Crippen molar-refractivity contribution < 1.29 is 4.79 Å². The van der Waals surface area contributed by atoms with Gasteiger partial charge in [0.15, 0.2) is 0 Å². The third kappa shape index (κ3) is 3.44. The molecule has 1 saturated heterocycles. The topological polar surface area (TPSA) is 42.3 Å². The number of aromatic nitrogens is 1. The number of carbonyl (C=O) groups is 1. The Balaban J connectivity index is 1.76. The van der Waals surface area contributed by atoms with Crippen LogP contribution in [0.2, 0.25) is 0 Å². The first kappa shape index (κ1) is 16.1. The number of amides is 1. The van der Waals surface area contributed by atoms with Gasteiger partial charge in [0, 0.05) is 36.5 Å². The third-order valence-corrected chi connectivity index (χ3v) is 5.64. The molecule has 0 bridgehead atoms. The minimum Gasteiger partial charge on any atom is -0.342 e. The lowest BCUT2D eigenvalue weighted by atomic mass is 9.99. The lowest BCUT2D eigenvalue weighted by Gasteiger charge is -2.30. The Labute approximate surface area is 140 Å². The second-order valence-corrected chi connectivity index (χ2v) is 7.29. The summed E-state index contributed by atoms with van der Waals surface area (Å²) in [4.78, 5) is 27.3. The number of rotatable bonds is 3. The Morgan fingerprint density at radius 1 is 1.26 bits per heavy atom. The van der Waals surface area contributed by atoms with Crippen LogP contribution >= 0.6 is 11.8 Å². The van der Waals surface area contributed by atoms with Crippen LogP contribution in [0.1, 0.15) is 19.8 Å². The van der Waals surface area contributed by atoms with Crippen molar-refractivity contribution in [3.05, 3.63) is 40.7 Å². The predicted octanol–water partition coefficient (Wildman–Crippen LogP) is 2.89. The second kappa shape index (κ2) is 6.79. The van der Waals surface area contributed by atoms with E-state index in [0.29, 0.717) is 11.7 Å². The second-order valence-electron chi connectivity index (χ2n) is 6.27. The highest BCUT2D eigenvalue weighted by atomic mass is 32.2. The number of hydrogen-bond acceptors (Lipinski definition) is 3. The van der Waals surface area contributed by atoms with Gasteiger partial charge < -0.3 is 9.47 Å². The lowest BCUT2D eigenvalue weighted by molar-refractivity contribution is -0.129. The molecule has 0 unspecified atom stereocenters. The Kier molecular flexibility index (Phi) is 4.76. The average molecular weight is 330 g/mol. The highest BCUT2D eigenvalue weighted by Gasteiger charge is 2.20. The molecule has 3 rings (SSSR count). The quantitative estimate of drug-likeness (QED) is 0.813. The zero-order chi connectivity index (χ0) is 16.4. The van der Waals surface area contributed by atoms with Crippen LogP contribution in [-0.2, 0) is 11.8 Å². The van der Waals surface area contributed by atoms with E-state index in [1.54, 1.807) is 17.7 Å². The number of aryl methyl sites for hydroxylation is 1. The smallest absolute Gasteiger partial charge is 0.251 e. The van der Waals surface area contributed by atoms with Crippen LogP contribution in [0.3, 0.4) is 0 Å². The molecule has 23 heavy (non-hydrogen) atoms. The van der Waals surface area contributed by atoms with Gasteiger partial charge in [0.1, 0.15) is 0 Å². The molecule has 5 heteroatoms. The summed E-state index contributed by atoms with van der Waals surface area (Å²) in [5, 5.41) is 1.03. The van der Waals surface area contributed by atoms with Crippen molar-refractivity contribution in [1.29, 1.82) is 0 Å². The number of benzene rings is 1. The molecule has 1 amide bonds. The Bertz CT molecular complexity index is 776. The molecule has 0 aliphatic carbocycles. The van der Waals surface area contributed by atoms with Crippen LogP contribution in [0.15, 0.2) is 40.0 Å². The van der Waals surface area contributed by atoms with Gasteiger partial charge >= 0.3 is 0 Å². The van der Waals surface area contributed by atoms with Gasteiger partial charge in [-0.2, -0.15) is 0 Å². The first-order valence-electron chi connectivity index (χ1n) is 8.05. The fourth-order valence-corrected chi connectivity index (χ4v) is 3.96. The summed E-state index contributed by atoms with van der Waals surface area (Å²) in [6.07, 6.45) is 2.18. The van der Waals surface area contributed by atoms with Crippen LogP contribution < -0.4 is 5.56 Å². The van der Waals surface area contributed by atoms with Crippen LogP contribution in [0.25, 0.3) is 10.9 Å². The first-order chi connectivity index (χ1) is 11.1. The van der Waals surface area contributed by atoms with Crippen LogP contribution in [0, 0.1) is 5.92 Å². The molecule has 1 aromatic carbocycles. The average Bonchev–Trinajstić information content (AvgIpc) is 2.57. The molecule has 0 saturated carbocycles. The molecule has 1 aliphatic heterocycles. The lowest BCUT2D eigenvalue weighted by Crippen LogP contribution is -2.38. The van der Waals surface area contributed by atoms with E-state index in [2.05, 4.69) is 6.92 Å². The van der Waals surface area contributed by atoms with Crippen molar-refractivity contribution in [1.82, 2.24) is 9.47 Å². The minimum atomic E-state index is -0.0366. The number of pyridine rings is 1. The molecular weight excluding hydrogens is 308 g/mol. The van der Waals surface area contributed by atoms with Crippen molar-refractivity contribution >= 4 is 28.6 Å². The number of piperidine rings is 1. The van der Waals surface area contributed by atoms with Gasteiger partial charge in [-0.1, -0.05) is 25.1 Å². The van der Waals surface area contributed by atoms with Gasteiger partial charge in [-0.05, 0) is 24.8 Å². The molecule has 1 fully saturated rings. The molecule has 4 nitrogen and oxygen atoms in total. The maximum Gasteiger partial charge on any atom is 0.251 e. The summed E-state index contributed by atoms with van der Waals surface area (Å²) >= 11 is 1.47. The molecule has 2 heterocycles. The van der Waals surface area contributed by atoms with E-state index in [1.807, 2.05) is 29.2 Å². The van der Waals surface area contributed by atoms with Crippen molar-refractivity contribution in [3.8, 4) is 0 Å². The van der Waals surface area contributed by atoms with E-state index >= 15 is 0 Å². The van der Waals surface area contributed by atoms with Crippen molar-refractivity contribution in [2.75, 3.05) is 18.8 Å². The molecule has 0 N–H and O–H groups in total. The number of nitrogens with zero attached hydrogens (tertiary/aromatic N) is 2. The molecular formula is C18H22N2O2S. The standard InChI is InChI=1S/C18H22N2O2S/c1-13-7-9-20(10-8-13)18(22)12-23-16-11-17(21)19(2)15-6-4-3-5-14(15)16/h3-6,11,13H,7-10,12H2,1-2H3. The highest BCUT2D eigenvalue weighted by molar-refractivity contribution is 8.00. The maximum absolute atomic E-state index is 12.4. The fraction of sp³-hybridized carbons (Fsp3) is 0.444. The predicted molar refractivity (Wildman–Crippen MR) is 94.9 cm³/mol. The van der Waals surface area contributed by atoms with E-state index in [-0.39, 0.29) is 11.5 Å². The molecule has 0 atom stereocenters. The number of para-hydroxylation sites is 1. The van der Waals surface area contributed by atoms with Crippen molar-refractivity contribution in [2.45, 2.75) is 24.7 Å². The summed E-state index contributed by atoms with van der Waals surface area (Å²) in [5.74, 6) is 1.28. The number of carbonyl (C=O) groups excluding carboxylic acids is 1. The van der Waals surface area contributed by atoms with Gasteiger partial charge in [-0.3, -0.25) is 9.59 Å². The van der Waals surface area contributed by atoms with Crippen LogP contribution in [-0.4, -0.2) is 34.2 Å². The number of hydrogen-bond donors (Lipinski definition) is 0. The number of fused-ring (bicyclic) bond motifs is 1. The van der Waals surface area contributed by atoms with E-state index in [4.69, 9.17) is 0 Å². The molecule has 2 aromatic rings. The van der Waals surface area contributed by atoms with Gasteiger partial charge in [0.05, 0.1) is 11.3 Å². The maximum atomic E-state index is 12.4. The van der Waals surface area contributed by atoms with E-state index in [9.17, 15) is 9.59 Å². The zero-order valence-electron chi connectivity index (χ0n) is 13.6. The zero-order valence-corrected chi connectivity index (χ0v) is 14.4. The van der Waals surface area contributed by atoms with Crippen LogP contribution in [0.5, 0.6) is 0 Å². The minimum absolute atomic E-state index is 0.0366. The molecule has 1 aliphatic rings. The van der Waals surface area contributed by atoms with E-state index in [1.165, 1.54) is 11.8 Å². The highest BCUT2D eigenvalue weighted by Crippen LogP contribution is 2.27. The van der Waals surface area contributed by atoms with E-state index in [0.717, 1.165) is 41.7 Å². The van der Waals surface area contributed by atoms with Gasteiger partial charge in [0.2, 0.25) is 5.91 Å². The monoisotopic (exact) mass is 330 g/mol. The molecule has 122 valence electrons. The summed E-state index contributed by atoms with van der Waals surface area (Å²) < 4.78 is 1.65. The Morgan fingerprint density at radius 3 is 2.70 bits per heavy atom. The van der Waals surface area contributed by atoms with Crippen molar-refractivity contribution in [3.63, 3.8) is 0 Å². The van der Waals surface area contributed by atoms with Gasteiger partial charge in [0.25, 0.3) is 5.56 Å². The summed E-state index contributed by atoms with van der Waals surface area (Å²) in [6, 6.07) is 9.47. The SMILES string of the molecule is CC1CCN(C(=O)CSc2cc(=O)n(C)c3ccccc23)CC1. The fourth-order valence-electron chi connectivity index (χ4n) is 2.99. The molecule has 0 radical (unpaired) electrons. The van der Waals surface area contributed by atoms with Crippen LogP contribution in [0.4, 0.5) is 0 Å². The summed E-state index contributed by atoms with van der Waals surface area (Å²) in [7, 11) is 1.78. The number of likely N-dealkylation sites (tertiary alicyclic amines) is 1. The summed E-state index contributed by atoms with van der Waals surface area (Å²) in [5.41, 5.74) is 0.868. The van der Waals surface area contributed by atoms with E-state index < -0.39 is 0 Å². The normalized spacial score (nSPS) is 16.0. The van der Waals surface area contributed by atoms with Crippen molar-refractivity contribution in [2.24, 2.45) is 13.0 Å². The van der Waals surface area contributed by atoms with Gasteiger partial charge in [-0.15, -0.1) is 11.8 Å². The third-order valence-electron chi connectivity index (χ3n) is 4.60. The molecule has 0 spiro atoms. The van der Waals surface area contributed by atoms with Gasteiger partial charge in [-0.25, -0.2) is 0 Å². The Hall–Kier alpha value is -1.75. The first-order valence-corrected chi connectivity index (χ1v) is 9.04.